The van der Waals surface area contributed by atoms with Crippen molar-refractivity contribution in [2.24, 2.45) is 5.10 Å². The highest BCUT2D eigenvalue weighted by molar-refractivity contribution is 7.17. The van der Waals surface area contributed by atoms with E-state index in [1.807, 2.05) is 84.2 Å². The predicted molar refractivity (Wildman–Crippen MR) is 114 cm³/mol. The molecule has 0 bridgehead atoms. The summed E-state index contributed by atoms with van der Waals surface area (Å²) in [4.78, 5) is 12.4. The molecule has 0 saturated carbocycles. The summed E-state index contributed by atoms with van der Waals surface area (Å²) >= 11 is 1.55. The fourth-order valence-electron chi connectivity index (χ4n) is 2.80. The van der Waals surface area contributed by atoms with Crippen LogP contribution < -0.4 is 10.2 Å². The molecule has 138 valence electrons. The van der Waals surface area contributed by atoms with E-state index in [0.717, 1.165) is 27.0 Å². The first kappa shape index (κ1) is 17.9. The third kappa shape index (κ3) is 4.27. The average molecular weight is 386 g/mol. The number of nitrogens with zero attached hydrogens (tertiary/aromatic N) is 1. The number of benzene rings is 3. The maximum absolute atomic E-state index is 12.4. The van der Waals surface area contributed by atoms with E-state index >= 15 is 0 Å². The lowest BCUT2D eigenvalue weighted by Gasteiger charge is -2.06. The van der Waals surface area contributed by atoms with Gasteiger partial charge < -0.3 is 4.74 Å². The van der Waals surface area contributed by atoms with E-state index in [9.17, 15) is 4.79 Å². The van der Waals surface area contributed by atoms with Gasteiger partial charge in [0.15, 0.2) is 0 Å². The number of hydrazone groups is 1. The van der Waals surface area contributed by atoms with E-state index in [1.165, 1.54) is 0 Å². The molecule has 0 radical (unpaired) electrons. The van der Waals surface area contributed by atoms with Gasteiger partial charge in [-0.05, 0) is 29.3 Å². The Balaban J connectivity index is 1.38. The molecule has 0 atom stereocenters. The molecular formula is C23H18N2O2S. The molecule has 1 aromatic heterocycles. The fraction of sp³-hybridized carbons (Fsp3) is 0.0435. The van der Waals surface area contributed by atoms with Crippen LogP contribution >= 0.6 is 11.3 Å². The molecule has 0 aliphatic carbocycles. The van der Waals surface area contributed by atoms with Crippen LogP contribution in [0.5, 0.6) is 5.75 Å². The van der Waals surface area contributed by atoms with Gasteiger partial charge in [-0.25, -0.2) is 5.43 Å². The molecule has 0 saturated heterocycles. The molecule has 0 fully saturated rings. The first-order chi connectivity index (χ1) is 13.8. The summed E-state index contributed by atoms with van der Waals surface area (Å²) in [5, 5.41) is 6.88. The number of rotatable bonds is 6. The van der Waals surface area contributed by atoms with Crippen molar-refractivity contribution in [3.63, 3.8) is 0 Å². The van der Waals surface area contributed by atoms with E-state index < -0.39 is 0 Å². The second-order valence-electron chi connectivity index (χ2n) is 6.19. The highest BCUT2D eigenvalue weighted by Gasteiger charge is 2.10. The van der Waals surface area contributed by atoms with Crippen molar-refractivity contribution in [3.05, 3.63) is 101 Å². The van der Waals surface area contributed by atoms with E-state index in [0.29, 0.717) is 12.2 Å². The minimum absolute atomic E-state index is 0.217. The van der Waals surface area contributed by atoms with Gasteiger partial charge >= 0.3 is 0 Å². The van der Waals surface area contributed by atoms with Gasteiger partial charge in [-0.1, -0.05) is 60.7 Å². The quantitative estimate of drug-likeness (QED) is 0.364. The second-order valence-corrected chi connectivity index (χ2v) is 7.10. The molecule has 1 amide bonds. The summed E-state index contributed by atoms with van der Waals surface area (Å²) in [6.45, 7) is 0.503. The van der Waals surface area contributed by atoms with Crippen LogP contribution in [0.1, 0.15) is 21.5 Å². The van der Waals surface area contributed by atoms with E-state index in [4.69, 9.17) is 4.74 Å². The van der Waals surface area contributed by atoms with Crippen LogP contribution in [0.3, 0.4) is 0 Å². The number of thiophene rings is 1. The van der Waals surface area contributed by atoms with Crippen LogP contribution in [0.15, 0.2) is 89.3 Å². The van der Waals surface area contributed by atoms with Crippen LogP contribution in [-0.2, 0) is 6.61 Å². The Bertz CT molecular complexity index is 1120. The number of amides is 1. The molecule has 0 unspecified atom stereocenters. The molecule has 5 heteroatoms. The number of hydrogen-bond acceptors (Lipinski definition) is 4. The maximum atomic E-state index is 12.4. The summed E-state index contributed by atoms with van der Waals surface area (Å²) in [7, 11) is 0. The molecule has 0 aliphatic heterocycles. The van der Waals surface area contributed by atoms with Crippen molar-refractivity contribution in [1.82, 2.24) is 5.43 Å². The zero-order chi connectivity index (χ0) is 19.2. The van der Waals surface area contributed by atoms with Crippen molar-refractivity contribution in [2.45, 2.75) is 6.61 Å². The number of carbonyl (C=O) groups excluding carboxylic acids is 1. The Hall–Kier alpha value is -3.44. The zero-order valence-corrected chi connectivity index (χ0v) is 15.9. The van der Waals surface area contributed by atoms with Gasteiger partial charge in [0, 0.05) is 15.5 Å². The van der Waals surface area contributed by atoms with Gasteiger partial charge in [0.1, 0.15) is 12.4 Å². The van der Waals surface area contributed by atoms with Crippen molar-refractivity contribution < 1.29 is 9.53 Å². The molecule has 1 N–H and O–H groups in total. The van der Waals surface area contributed by atoms with Crippen molar-refractivity contribution in [2.75, 3.05) is 0 Å². The van der Waals surface area contributed by atoms with Crippen LogP contribution in [0.4, 0.5) is 0 Å². The summed E-state index contributed by atoms with van der Waals surface area (Å²) in [5.41, 5.74) is 5.19. The SMILES string of the molecule is O=C(NN=Cc1cccc(OCc2ccccc2)c1)c1csc2ccccc12. The Labute approximate surface area is 167 Å². The fourth-order valence-corrected chi connectivity index (χ4v) is 3.75. The van der Waals surface area contributed by atoms with E-state index in [1.54, 1.807) is 17.6 Å². The van der Waals surface area contributed by atoms with Crippen molar-refractivity contribution >= 4 is 33.5 Å². The molecule has 0 spiro atoms. The summed E-state index contributed by atoms with van der Waals surface area (Å²) in [6, 6.07) is 25.4. The van der Waals surface area contributed by atoms with Gasteiger partial charge in [0.2, 0.25) is 0 Å². The van der Waals surface area contributed by atoms with Crippen LogP contribution in [0.25, 0.3) is 10.1 Å². The number of fused-ring (bicyclic) bond motifs is 1. The average Bonchev–Trinajstić information content (AvgIpc) is 3.18. The van der Waals surface area contributed by atoms with E-state index in [2.05, 4.69) is 10.5 Å². The number of ether oxygens (including phenoxy) is 1. The van der Waals surface area contributed by atoms with Gasteiger partial charge in [0.25, 0.3) is 5.91 Å². The van der Waals surface area contributed by atoms with Gasteiger partial charge in [-0.15, -0.1) is 11.3 Å². The Morgan fingerprint density at radius 2 is 1.82 bits per heavy atom. The lowest BCUT2D eigenvalue weighted by molar-refractivity contribution is 0.0957. The van der Waals surface area contributed by atoms with Crippen LogP contribution in [0, 0.1) is 0 Å². The van der Waals surface area contributed by atoms with Crippen molar-refractivity contribution in [3.8, 4) is 5.75 Å². The smallest absolute Gasteiger partial charge is 0.272 e. The predicted octanol–water partition coefficient (Wildman–Crippen LogP) is 5.24. The number of hydrogen-bond donors (Lipinski definition) is 1. The molecule has 0 aliphatic rings. The van der Waals surface area contributed by atoms with Gasteiger partial charge in [-0.3, -0.25) is 4.79 Å². The second kappa shape index (κ2) is 8.50. The molecule has 4 aromatic rings. The summed E-state index contributed by atoms with van der Waals surface area (Å²) in [5.74, 6) is 0.535. The largest absolute Gasteiger partial charge is 0.489 e. The molecule has 4 nitrogen and oxygen atoms in total. The van der Waals surface area contributed by atoms with Crippen molar-refractivity contribution in [1.29, 1.82) is 0 Å². The third-order valence-electron chi connectivity index (χ3n) is 4.21. The molecule has 1 heterocycles. The van der Waals surface area contributed by atoms with Crippen LogP contribution in [-0.4, -0.2) is 12.1 Å². The Morgan fingerprint density at radius 1 is 1.00 bits per heavy atom. The monoisotopic (exact) mass is 386 g/mol. The van der Waals surface area contributed by atoms with Gasteiger partial charge in [0.05, 0.1) is 11.8 Å². The Morgan fingerprint density at radius 3 is 2.71 bits per heavy atom. The summed E-state index contributed by atoms with van der Waals surface area (Å²) < 4.78 is 6.90. The lowest BCUT2D eigenvalue weighted by Crippen LogP contribution is -2.17. The third-order valence-corrected chi connectivity index (χ3v) is 5.18. The number of carbonyl (C=O) groups is 1. The highest BCUT2D eigenvalue weighted by atomic mass is 32.1. The molecule has 28 heavy (non-hydrogen) atoms. The zero-order valence-electron chi connectivity index (χ0n) is 15.0. The minimum Gasteiger partial charge on any atom is -0.489 e. The van der Waals surface area contributed by atoms with Crippen LogP contribution in [0.2, 0.25) is 0 Å². The first-order valence-electron chi connectivity index (χ1n) is 8.86. The first-order valence-corrected chi connectivity index (χ1v) is 9.74. The Kier molecular flexibility index (Phi) is 5.45. The maximum Gasteiger partial charge on any atom is 0.272 e. The topological polar surface area (TPSA) is 50.7 Å². The lowest BCUT2D eigenvalue weighted by atomic mass is 10.2. The summed E-state index contributed by atoms with van der Waals surface area (Å²) in [6.07, 6.45) is 1.61. The number of nitrogens with one attached hydrogen (secondary N) is 1. The van der Waals surface area contributed by atoms with E-state index in [-0.39, 0.29) is 5.91 Å². The molecule has 4 rings (SSSR count). The normalized spacial score (nSPS) is 11.0. The minimum atomic E-state index is -0.217. The molecular weight excluding hydrogens is 368 g/mol. The van der Waals surface area contributed by atoms with Gasteiger partial charge in [-0.2, -0.15) is 5.10 Å². The standard InChI is InChI=1S/C23H18N2O2S/c26-23(21-16-28-22-12-5-4-11-20(21)22)25-24-14-18-9-6-10-19(13-18)27-15-17-7-2-1-3-8-17/h1-14,16H,15H2,(H,25,26). The highest BCUT2D eigenvalue weighted by Crippen LogP contribution is 2.25. The molecule has 3 aromatic carbocycles.